The molecule has 1 amide bonds. The largest absolute Gasteiger partial charge is 0.497 e. The van der Waals surface area contributed by atoms with Gasteiger partial charge in [-0.15, -0.1) is 0 Å². The van der Waals surface area contributed by atoms with Gasteiger partial charge in [-0.3, -0.25) is 0 Å². The molecule has 1 N–H and O–H groups in total. The summed E-state index contributed by atoms with van der Waals surface area (Å²) < 4.78 is 22.0. The van der Waals surface area contributed by atoms with Crippen LogP contribution in [0, 0.1) is 13.8 Å². The molecular formula is C27H37NO6. The first kappa shape index (κ1) is 27.0. The molecule has 7 heteroatoms. The van der Waals surface area contributed by atoms with E-state index in [9.17, 15) is 9.59 Å². The van der Waals surface area contributed by atoms with Crippen LogP contribution in [0.5, 0.6) is 11.5 Å². The predicted octanol–water partition coefficient (Wildman–Crippen LogP) is 5.30. The quantitative estimate of drug-likeness (QED) is 0.526. The molecular weight excluding hydrogens is 434 g/mol. The van der Waals surface area contributed by atoms with Crippen LogP contribution in [-0.2, 0) is 14.3 Å². The van der Waals surface area contributed by atoms with Crippen molar-refractivity contribution in [3.05, 3.63) is 58.7 Å². The fourth-order valence-electron chi connectivity index (χ4n) is 3.73. The highest BCUT2D eigenvalue weighted by Crippen LogP contribution is 2.37. The number of nitrogens with one attached hydrogen (secondary N) is 1. The Morgan fingerprint density at radius 3 is 1.74 bits per heavy atom. The highest BCUT2D eigenvalue weighted by Gasteiger charge is 2.30. The first-order valence-electron chi connectivity index (χ1n) is 11.3. The SMILES string of the molecule is COc1ccc(C)c(C(c2cc(OC)ccc2C)[C@H](C)OC(=O)[C@H](C)NC(=O)OC(C)(C)C)c1. The van der Waals surface area contributed by atoms with Crippen LogP contribution < -0.4 is 14.8 Å². The Balaban J connectivity index is 2.38. The van der Waals surface area contributed by atoms with Crippen LogP contribution in [-0.4, -0.2) is 44.0 Å². The van der Waals surface area contributed by atoms with Crippen molar-refractivity contribution in [3.63, 3.8) is 0 Å². The van der Waals surface area contributed by atoms with Gasteiger partial charge in [-0.25, -0.2) is 9.59 Å². The molecule has 0 bridgehead atoms. The second kappa shape index (κ2) is 11.3. The predicted molar refractivity (Wildman–Crippen MR) is 132 cm³/mol. The number of aryl methyl sites for hydroxylation is 2. The lowest BCUT2D eigenvalue weighted by Gasteiger charge is -2.29. The summed E-state index contributed by atoms with van der Waals surface area (Å²) in [7, 11) is 3.24. The molecule has 7 nitrogen and oxygen atoms in total. The molecule has 0 unspecified atom stereocenters. The van der Waals surface area contributed by atoms with Crippen molar-refractivity contribution in [1.82, 2.24) is 5.32 Å². The van der Waals surface area contributed by atoms with Gasteiger partial charge in [-0.2, -0.15) is 0 Å². The zero-order chi connectivity index (χ0) is 25.6. The minimum absolute atomic E-state index is 0.289. The number of benzene rings is 2. The first-order valence-corrected chi connectivity index (χ1v) is 11.3. The van der Waals surface area contributed by atoms with Crippen molar-refractivity contribution in [3.8, 4) is 11.5 Å². The molecule has 2 rings (SSSR count). The van der Waals surface area contributed by atoms with E-state index in [1.54, 1.807) is 41.9 Å². The fraction of sp³-hybridized carbons (Fsp3) is 0.481. The summed E-state index contributed by atoms with van der Waals surface area (Å²) >= 11 is 0. The summed E-state index contributed by atoms with van der Waals surface area (Å²) in [5.41, 5.74) is 3.36. The Morgan fingerprint density at radius 1 is 0.853 bits per heavy atom. The molecule has 0 aliphatic carbocycles. The fourth-order valence-corrected chi connectivity index (χ4v) is 3.73. The number of ether oxygens (including phenoxy) is 4. The molecule has 0 heterocycles. The van der Waals surface area contributed by atoms with Gasteiger partial charge in [0.1, 0.15) is 29.2 Å². The number of alkyl carbamates (subject to hydrolysis) is 1. The summed E-state index contributed by atoms with van der Waals surface area (Å²) in [5, 5.41) is 2.54. The molecule has 0 fully saturated rings. The minimum atomic E-state index is -0.879. The van der Waals surface area contributed by atoms with Crippen molar-refractivity contribution in [2.24, 2.45) is 0 Å². The van der Waals surface area contributed by atoms with E-state index >= 15 is 0 Å². The average molecular weight is 472 g/mol. The van der Waals surface area contributed by atoms with E-state index in [1.807, 2.05) is 57.2 Å². The van der Waals surface area contributed by atoms with E-state index in [0.717, 1.165) is 22.3 Å². The Morgan fingerprint density at radius 2 is 1.32 bits per heavy atom. The van der Waals surface area contributed by atoms with Crippen LogP contribution in [0.25, 0.3) is 0 Å². The molecule has 0 saturated carbocycles. The van der Waals surface area contributed by atoms with Crippen molar-refractivity contribution in [2.45, 2.75) is 72.1 Å². The van der Waals surface area contributed by atoms with Crippen LogP contribution in [0.4, 0.5) is 4.79 Å². The topological polar surface area (TPSA) is 83.1 Å². The van der Waals surface area contributed by atoms with Gasteiger partial charge in [0, 0.05) is 5.92 Å². The van der Waals surface area contributed by atoms with Crippen LogP contribution in [0.2, 0.25) is 0 Å². The van der Waals surface area contributed by atoms with Crippen molar-refractivity contribution < 1.29 is 28.5 Å². The monoisotopic (exact) mass is 471 g/mol. The molecule has 2 aromatic carbocycles. The maximum absolute atomic E-state index is 12.9. The van der Waals surface area contributed by atoms with Crippen LogP contribution in [0.1, 0.15) is 62.8 Å². The zero-order valence-corrected chi connectivity index (χ0v) is 21.6. The molecule has 186 valence electrons. The van der Waals surface area contributed by atoms with Crippen LogP contribution in [0.15, 0.2) is 36.4 Å². The van der Waals surface area contributed by atoms with Gasteiger partial charge in [0.25, 0.3) is 0 Å². The van der Waals surface area contributed by atoms with Crippen LogP contribution in [0.3, 0.4) is 0 Å². The normalized spacial score (nSPS) is 13.1. The van der Waals surface area contributed by atoms with Gasteiger partial charge in [-0.1, -0.05) is 12.1 Å². The number of carbonyl (C=O) groups excluding carboxylic acids is 2. The Kier molecular flexibility index (Phi) is 8.96. The summed E-state index contributed by atoms with van der Waals surface area (Å²) in [6, 6.07) is 10.8. The van der Waals surface area contributed by atoms with E-state index in [0.29, 0.717) is 11.5 Å². The van der Waals surface area contributed by atoms with Gasteiger partial charge < -0.3 is 24.3 Å². The molecule has 0 saturated heterocycles. The number of rotatable bonds is 8. The smallest absolute Gasteiger partial charge is 0.408 e. The third-order valence-corrected chi connectivity index (χ3v) is 5.50. The number of carbonyl (C=O) groups is 2. The average Bonchev–Trinajstić information content (AvgIpc) is 2.74. The van der Waals surface area contributed by atoms with E-state index in [2.05, 4.69) is 5.32 Å². The highest BCUT2D eigenvalue weighted by atomic mass is 16.6. The van der Waals surface area contributed by atoms with Gasteiger partial charge in [-0.05, 0) is 95.0 Å². The van der Waals surface area contributed by atoms with E-state index in [-0.39, 0.29) is 5.92 Å². The Labute approximate surface area is 202 Å². The second-order valence-electron chi connectivity index (χ2n) is 9.43. The third kappa shape index (κ3) is 7.14. The number of hydrogen-bond donors (Lipinski definition) is 1. The molecule has 34 heavy (non-hydrogen) atoms. The molecule has 0 aromatic heterocycles. The zero-order valence-electron chi connectivity index (χ0n) is 21.6. The number of amides is 1. The highest BCUT2D eigenvalue weighted by molar-refractivity contribution is 5.81. The molecule has 2 aromatic rings. The summed E-state index contributed by atoms with van der Waals surface area (Å²) in [5.74, 6) is 0.585. The Hall–Kier alpha value is -3.22. The molecule has 0 spiro atoms. The maximum Gasteiger partial charge on any atom is 0.408 e. The lowest BCUT2D eigenvalue weighted by atomic mass is 9.82. The number of methoxy groups -OCH3 is 2. The lowest BCUT2D eigenvalue weighted by Crippen LogP contribution is -2.43. The van der Waals surface area contributed by atoms with Crippen molar-refractivity contribution in [1.29, 1.82) is 0 Å². The minimum Gasteiger partial charge on any atom is -0.497 e. The molecule has 0 radical (unpaired) electrons. The maximum atomic E-state index is 12.9. The summed E-state index contributed by atoms with van der Waals surface area (Å²) in [4.78, 5) is 25.0. The molecule has 2 atom stereocenters. The van der Waals surface area contributed by atoms with E-state index < -0.39 is 29.8 Å². The van der Waals surface area contributed by atoms with Gasteiger partial charge in [0.05, 0.1) is 14.2 Å². The summed E-state index contributed by atoms with van der Waals surface area (Å²) in [6.45, 7) is 12.7. The van der Waals surface area contributed by atoms with Crippen LogP contribution >= 0.6 is 0 Å². The number of esters is 1. The first-order chi connectivity index (χ1) is 15.9. The molecule has 0 aliphatic rings. The summed E-state index contributed by atoms with van der Waals surface area (Å²) in [6.07, 6.45) is -1.22. The van der Waals surface area contributed by atoms with E-state index in [1.165, 1.54) is 0 Å². The molecule has 0 aliphatic heterocycles. The van der Waals surface area contributed by atoms with Crippen molar-refractivity contribution >= 4 is 12.1 Å². The number of hydrogen-bond acceptors (Lipinski definition) is 6. The Bertz CT molecular complexity index is 957. The van der Waals surface area contributed by atoms with Gasteiger partial charge in [0.2, 0.25) is 0 Å². The third-order valence-electron chi connectivity index (χ3n) is 5.50. The van der Waals surface area contributed by atoms with Crippen molar-refractivity contribution in [2.75, 3.05) is 14.2 Å². The van der Waals surface area contributed by atoms with E-state index in [4.69, 9.17) is 18.9 Å². The van der Waals surface area contributed by atoms with Gasteiger partial charge >= 0.3 is 12.1 Å². The lowest BCUT2D eigenvalue weighted by molar-refractivity contribution is -0.150. The standard InChI is InChI=1S/C27H37NO6/c1-16-10-12-20(31-8)14-22(16)24(23-15-21(32-9)13-11-17(23)2)19(4)33-25(29)18(3)28-26(30)34-27(5,6)7/h10-15,18-19,24H,1-9H3,(H,28,30)/t18-,19-/m0/s1. The van der Waals surface area contributed by atoms with Gasteiger partial charge in [0.15, 0.2) is 0 Å². The second-order valence-corrected chi connectivity index (χ2v) is 9.43.